The summed E-state index contributed by atoms with van der Waals surface area (Å²) >= 11 is 4.97. The molecule has 0 bridgehead atoms. The van der Waals surface area contributed by atoms with E-state index in [0.717, 1.165) is 38.9 Å². The second-order valence-corrected chi connectivity index (χ2v) is 13.2. The zero-order chi connectivity index (χ0) is 23.6. The van der Waals surface area contributed by atoms with E-state index in [-0.39, 0.29) is 9.79 Å². The van der Waals surface area contributed by atoms with E-state index in [9.17, 15) is 16.8 Å². The second-order valence-electron chi connectivity index (χ2n) is 6.86. The van der Waals surface area contributed by atoms with Crippen LogP contribution in [0.4, 0.5) is 0 Å². The van der Waals surface area contributed by atoms with Gasteiger partial charge in [0.05, 0.1) is 25.9 Å². The third-order valence-electron chi connectivity index (χ3n) is 4.55. The fraction of sp³-hybridized carbons (Fsp3) is 0.211. The number of H-pyrrole nitrogens is 2. The number of rotatable bonds is 10. The Morgan fingerprint density at radius 2 is 1.42 bits per heavy atom. The summed E-state index contributed by atoms with van der Waals surface area (Å²) in [7, 11) is -8.46. The smallest absolute Gasteiger partial charge is 0.294 e. The highest BCUT2D eigenvalue weighted by atomic mass is 32.2. The van der Waals surface area contributed by atoms with Crippen LogP contribution in [-0.2, 0) is 20.2 Å². The van der Waals surface area contributed by atoms with E-state index >= 15 is 0 Å². The van der Waals surface area contributed by atoms with Gasteiger partial charge in [0.25, 0.3) is 20.2 Å². The molecule has 176 valence electrons. The topological polar surface area (TPSA) is 153 Å². The molecule has 2 aromatic heterocycles. The van der Waals surface area contributed by atoms with Crippen LogP contribution in [0.3, 0.4) is 0 Å². The van der Waals surface area contributed by atoms with E-state index in [1.54, 1.807) is 35.7 Å². The molecule has 2 aromatic carbocycles. The number of benzene rings is 2. The number of aromatic nitrogens is 3. The first kappa shape index (κ1) is 24.4. The normalized spacial score (nSPS) is 12.7. The van der Waals surface area contributed by atoms with Gasteiger partial charge in [-0.1, -0.05) is 11.8 Å². The van der Waals surface area contributed by atoms with Crippen molar-refractivity contribution in [2.24, 2.45) is 0 Å². The monoisotopic (exact) mass is 545 g/mol. The van der Waals surface area contributed by atoms with Crippen LogP contribution in [-0.4, -0.2) is 63.9 Å². The molecule has 0 saturated heterocycles. The van der Waals surface area contributed by atoms with Gasteiger partial charge in [0, 0.05) is 33.9 Å². The van der Waals surface area contributed by atoms with Gasteiger partial charge in [-0.15, -0.1) is 11.8 Å². The van der Waals surface area contributed by atoms with Crippen molar-refractivity contribution in [3.8, 4) is 0 Å². The highest BCUT2D eigenvalue weighted by Crippen LogP contribution is 2.27. The van der Waals surface area contributed by atoms with Crippen LogP contribution in [0.1, 0.15) is 0 Å². The quantitative estimate of drug-likeness (QED) is 0.130. The third-order valence-corrected chi connectivity index (χ3v) is 9.56. The summed E-state index contributed by atoms with van der Waals surface area (Å²) in [6.45, 7) is 0. The molecule has 0 aliphatic carbocycles. The minimum atomic E-state index is -4.25. The van der Waals surface area contributed by atoms with Crippen molar-refractivity contribution in [2.45, 2.75) is 20.0 Å². The lowest BCUT2D eigenvalue weighted by Crippen LogP contribution is -1.97. The van der Waals surface area contributed by atoms with Crippen molar-refractivity contribution in [2.75, 3.05) is 23.0 Å². The Kier molecular flexibility index (Phi) is 7.33. The summed E-state index contributed by atoms with van der Waals surface area (Å²) < 4.78 is 63.3. The number of nitrogens with one attached hydrogen (secondary N) is 2. The summed E-state index contributed by atoms with van der Waals surface area (Å²) in [6.07, 6.45) is 0. The Bertz CT molecular complexity index is 1400. The molecule has 33 heavy (non-hydrogen) atoms. The molecular formula is C19H19N3O6S5. The van der Waals surface area contributed by atoms with Gasteiger partial charge in [-0.2, -0.15) is 28.6 Å². The second kappa shape index (κ2) is 9.90. The van der Waals surface area contributed by atoms with E-state index in [4.69, 9.17) is 9.11 Å². The first-order chi connectivity index (χ1) is 15.6. The number of hydrogen-bond acceptors (Lipinski definition) is 8. The number of hydrogen-bond donors (Lipinski definition) is 4. The Morgan fingerprint density at radius 1 is 0.758 bits per heavy atom. The lowest BCUT2D eigenvalue weighted by atomic mass is 10.2. The third kappa shape index (κ3) is 6.26. The average Bonchev–Trinajstić information content (AvgIpc) is 3.33. The molecule has 0 spiro atoms. The van der Waals surface area contributed by atoms with Crippen LogP contribution >= 0.6 is 35.3 Å². The molecule has 0 saturated carbocycles. The van der Waals surface area contributed by atoms with Crippen LogP contribution in [0.15, 0.2) is 62.4 Å². The van der Waals surface area contributed by atoms with E-state index < -0.39 is 20.2 Å². The van der Waals surface area contributed by atoms with Gasteiger partial charge in [0.15, 0.2) is 5.16 Å². The van der Waals surface area contributed by atoms with Crippen molar-refractivity contribution in [3.05, 3.63) is 42.5 Å². The lowest BCUT2D eigenvalue weighted by molar-refractivity contribution is 0.481. The molecule has 0 amide bonds. The summed E-state index contributed by atoms with van der Waals surface area (Å²) in [5.41, 5.74) is 2.00. The highest BCUT2D eigenvalue weighted by Gasteiger charge is 2.13. The van der Waals surface area contributed by atoms with Crippen LogP contribution in [0, 0.1) is 0 Å². The number of thioether (sulfide) groups is 3. The fourth-order valence-corrected chi connectivity index (χ4v) is 7.01. The Morgan fingerprint density at radius 3 is 2.15 bits per heavy atom. The minimum absolute atomic E-state index is 0.123. The molecular weight excluding hydrogens is 527 g/mol. The molecule has 0 aliphatic rings. The van der Waals surface area contributed by atoms with Gasteiger partial charge < -0.3 is 9.97 Å². The number of fused-ring (bicyclic) bond motifs is 2. The molecule has 9 nitrogen and oxygen atoms in total. The Labute approximate surface area is 203 Å². The zero-order valence-corrected chi connectivity index (χ0v) is 21.0. The standard InChI is InChI=1S/C19H19N3O6S5/c23-32(24,25)13-1-3-15-12(9-13)10-18(20-15)30-7-5-29-6-8-31-19-21-16-4-2-14(33(26,27)28)11-17(16)22-19/h1-4,9-11,20H,5-8H2,(H,21,22)(H,23,24,25)(H,26,27,28). The average molecular weight is 546 g/mol. The molecule has 2 heterocycles. The van der Waals surface area contributed by atoms with E-state index in [1.807, 2.05) is 6.07 Å². The first-order valence-electron chi connectivity index (χ1n) is 9.50. The zero-order valence-electron chi connectivity index (χ0n) is 16.9. The summed E-state index contributed by atoms with van der Waals surface area (Å²) in [5, 5.41) is 2.35. The van der Waals surface area contributed by atoms with Gasteiger partial charge in [0.2, 0.25) is 0 Å². The minimum Gasteiger partial charge on any atom is -0.350 e. The SMILES string of the molecule is O=S(=O)(O)c1ccc2[nH]c(SCCSCCSc3nc4ccc(S(=O)(=O)O)cc4[nH]3)cc2c1. The van der Waals surface area contributed by atoms with E-state index in [2.05, 4.69) is 15.0 Å². The molecule has 4 rings (SSSR count). The van der Waals surface area contributed by atoms with Crippen molar-refractivity contribution in [1.29, 1.82) is 0 Å². The maximum Gasteiger partial charge on any atom is 0.294 e. The number of aromatic amines is 2. The predicted molar refractivity (Wildman–Crippen MR) is 133 cm³/mol. The van der Waals surface area contributed by atoms with Gasteiger partial charge in [-0.05, 0) is 42.5 Å². The van der Waals surface area contributed by atoms with Gasteiger partial charge in [-0.3, -0.25) is 9.11 Å². The van der Waals surface area contributed by atoms with E-state index in [0.29, 0.717) is 16.2 Å². The number of nitrogens with zero attached hydrogens (tertiary/aromatic N) is 1. The van der Waals surface area contributed by atoms with E-state index in [1.165, 1.54) is 36.0 Å². The summed E-state index contributed by atoms with van der Waals surface area (Å²) in [5.74, 6) is 3.53. The molecule has 14 heteroatoms. The van der Waals surface area contributed by atoms with Crippen LogP contribution in [0.2, 0.25) is 0 Å². The molecule has 0 radical (unpaired) electrons. The summed E-state index contributed by atoms with van der Waals surface area (Å²) in [4.78, 5) is 10.4. The number of imidazole rings is 1. The molecule has 0 unspecified atom stereocenters. The fourth-order valence-electron chi connectivity index (χ4n) is 3.03. The first-order valence-corrected chi connectivity index (χ1v) is 15.5. The van der Waals surface area contributed by atoms with Crippen molar-refractivity contribution < 1.29 is 25.9 Å². The van der Waals surface area contributed by atoms with Crippen molar-refractivity contribution in [1.82, 2.24) is 15.0 Å². The largest absolute Gasteiger partial charge is 0.350 e. The predicted octanol–water partition coefficient (Wildman–Crippen LogP) is 4.16. The van der Waals surface area contributed by atoms with Gasteiger partial charge in [-0.25, -0.2) is 4.98 Å². The van der Waals surface area contributed by atoms with Gasteiger partial charge in [0.1, 0.15) is 0 Å². The van der Waals surface area contributed by atoms with Crippen molar-refractivity contribution in [3.63, 3.8) is 0 Å². The maximum atomic E-state index is 11.3. The molecule has 0 aliphatic heterocycles. The molecule has 4 aromatic rings. The van der Waals surface area contributed by atoms with Gasteiger partial charge >= 0.3 is 0 Å². The Balaban J connectivity index is 1.21. The van der Waals surface area contributed by atoms with Crippen molar-refractivity contribution >= 4 is 77.5 Å². The summed E-state index contributed by atoms with van der Waals surface area (Å²) in [6, 6.07) is 10.5. The maximum absolute atomic E-state index is 11.3. The molecule has 0 fully saturated rings. The van der Waals surface area contributed by atoms with Crippen LogP contribution < -0.4 is 0 Å². The van der Waals surface area contributed by atoms with Crippen LogP contribution in [0.5, 0.6) is 0 Å². The molecule has 4 N–H and O–H groups in total. The Hall–Kier alpha value is -1.68. The highest BCUT2D eigenvalue weighted by molar-refractivity contribution is 8.04. The van der Waals surface area contributed by atoms with Crippen LogP contribution in [0.25, 0.3) is 21.9 Å². The molecule has 0 atom stereocenters. The lowest BCUT2D eigenvalue weighted by Gasteiger charge is -2.00.